The first-order valence-corrected chi connectivity index (χ1v) is 7.23. The summed E-state index contributed by atoms with van der Waals surface area (Å²) in [6.07, 6.45) is 3.47. The zero-order valence-corrected chi connectivity index (χ0v) is 13.5. The van der Waals surface area contributed by atoms with Gasteiger partial charge in [-0.3, -0.25) is 4.79 Å². The van der Waals surface area contributed by atoms with Crippen LogP contribution in [0.3, 0.4) is 0 Å². The number of benzene rings is 1. The van der Waals surface area contributed by atoms with Gasteiger partial charge in [-0.2, -0.15) is 0 Å². The van der Waals surface area contributed by atoms with E-state index in [0.717, 1.165) is 0 Å². The quantitative estimate of drug-likeness (QED) is 0.416. The van der Waals surface area contributed by atoms with E-state index in [-0.39, 0.29) is 5.56 Å². The molecule has 0 radical (unpaired) electrons. The molecular weight excluding hydrogens is 310 g/mol. The van der Waals surface area contributed by atoms with Gasteiger partial charge in [0.05, 0.1) is 19.6 Å². The molecule has 0 aliphatic rings. The zero-order chi connectivity index (χ0) is 17.3. The van der Waals surface area contributed by atoms with E-state index in [9.17, 15) is 9.59 Å². The number of rotatable bonds is 4. The maximum absolute atomic E-state index is 12.6. The first-order chi connectivity index (χ1) is 11.5. The average molecular weight is 326 g/mol. The van der Waals surface area contributed by atoms with Crippen LogP contribution in [0.4, 0.5) is 0 Å². The number of ether oxygens (including phenoxy) is 2. The minimum atomic E-state index is -0.698. The Morgan fingerprint density at radius 2 is 1.79 bits per heavy atom. The first-order valence-electron chi connectivity index (χ1n) is 7.23. The Bertz CT molecular complexity index is 973. The van der Waals surface area contributed by atoms with Crippen molar-refractivity contribution in [2.75, 3.05) is 14.2 Å². The second-order valence-electron chi connectivity index (χ2n) is 5.27. The Balaban J connectivity index is 2.18. The summed E-state index contributed by atoms with van der Waals surface area (Å²) in [5.41, 5.74) is -0.0321. The summed E-state index contributed by atoms with van der Waals surface area (Å²) in [7, 11) is 4.85. The van der Waals surface area contributed by atoms with Gasteiger partial charge in [0.1, 0.15) is 29.7 Å². The number of aromatic nitrogens is 1. The van der Waals surface area contributed by atoms with Crippen LogP contribution in [0.2, 0.25) is 0 Å². The highest BCUT2D eigenvalue weighted by molar-refractivity contribution is 6.10. The van der Waals surface area contributed by atoms with Crippen LogP contribution >= 0.6 is 0 Å². The first kappa shape index (κ1) is 15.7. The van der Waals surface area contributed by atoms with E-state index in [4.69, 9.17) is 13.9 Å². The molecule has 0 aliphatic heterocycles. The Labute approximate surface area is 137 Å². The van der Waals surface area contributed by atoms with Crippen LogP contribution in [-0.4, -0.2) is 20.0 Å². The molecule has 0 aliphatic carbocycles. The van der Waals surface area contributed by atoms with Crippen molar-refractivity contribution in [3.05, 3.63) is 64.3 Å². The molecule has 1 aromatic carbocycles. The minimum Gasteiger partial charge on any atom is -0.496 e. The van der Waals surface area contributed by atoms with Crippen LogP contribution in [0.1, 0.15) is 15.9 Å². The standard InChI is InChI=1S/C18H16NO5/c1-19-6-4-11(5-7-19)17(20)14-10-13-15(23-3)8-12(22-2)9-16(13)24-18(14)21/h4-10H,1-3H3/q+1. The van der Waals surface area contributed by atoms with Gasteiger partial charge in [-0.25, -0.2) is 9.36 Å². The van der Waals surface area contributed by atoms with Crippen LogP contribution in [0, 0.1) is 0 Å². The van der Waals surface area contributed by atoms with Crippen LogP contribution in [-0.2, 0) is 7.05 Å². The van der Waals surface area contributed by atoms with Crippen LogP contribution < -0.4 is 19.7 Å². The SMILES string of the molecule is COc1cc(OC)c2cc(C(=O)c3cc[n+](C)cc3)c(=O)oc2c1. The molecule has 6 nitrogen and oxygen atoms in total. The number of nitrogens with zero attached hydrogens (tertiary/aromatic N) is 1. The van der Waals surface area contributed by atoms with Crippen LogP contribution in [0.5, 0.6) is 11.5 Å². The number of aryl methyl sites for hydroxylation is 1. The molecule has 0 atom stereocenters. The van der Waals surface area contributed by atoms with E-state index in [2.05, 4.69) is 0 Å². The number of carbonyl (C=O) groups is 1. The maximum Gasteiger partial charge on any atom is 0.347 e. The molecule has 2 heterocycles. The summed E-state index contributed by atoms with van der Waals surface area (Å²) in [4.78, 5) is 24.8. The van der Waals surface area contributed by atoms with Crippen molar-refractivity contribution < 1.29 is 23.3 Å². The molecule has 3 rings (SSSR count). The van der Waals surface area contributed by atoms with E-state index in [0.29, 0.717) is 28.0 Å². The molecule has 6 heteroatoms. The van der Waals surface area contributed by atoms with Crippen molar-refractivity contribution in [3.8, 4) is 11.5 Å². The number of hydrogen-bond acceptors (Lipinski definition) is 5. The third-order valence-corrected chi connectivity index (χ3v) is 3.73. The largest absolute Gasteiger partial charge is 0.496 e. The summed E-state index contributed by atoms with van der Waals surface area (Å²) in [6.45, 7) is 0. The normalized spacial score (nSPS) is 10.6. The summed E-state index contributed by atoms with van der Waals surface area (Å²) in [5.74, 6) is 0.558. The number of methoxy groups -OCH3 is 2. The van der Waals surface area contributed by atoms with E-state index >= 15 is 0 Å². The van der Waals surface area contributed by atoms with Crippen molar-refractivity contribution in [1.82, 2.24) is 0 Å². The fourth-order valence-electron chi connectivity index (χ4n) is 2.41. The van der Waals surface area contributed by atoms with Crippen molar-refractivity contribution in [2.24, 2.45) is 7.05 Å². The van der Waals surface area contributed by atoms with Crippen LogP contribution in [0.25, 0.3) is 11.0 Å². The summed E-state index contributed by atoms with van der Waals surface area (Å²) in [6, 6.07) is 8.04. The number of carbonyl (C=O) groups excluding carboxylic acids is 1. The van der Waals surface area contributed by atoms with Gasteiger partial charge in [-0.05, 0) is 6.07 Å². The number of ketones is 1. The molecule has 0 N–H and O–H groups in total. The van der Waals surface area contributed by atoms with Crippen molar-refractivity contribution >= 4 is 16.8 Å². The zero-order valence-electron chi connectivity index (χ0n) is 13.5. The van der Waals surface area contributed by atoms with Crippen LogP contribution in [0.15, 0.2) is 51.9 Å². The monoisotopic (exact) mass is 326 g/mol. The Morgan fingerprint density at radius 1 is 1.08 bits per heavy atom. The molecule has 0 amide bonds. The average Bonchev–Trinajstić information content (AvgIpc) is 2.60. The highest BCUT2D eigenvalue weighted by Gasteiger charge is 2.18. The molecule has 0 saturated carbocycles. The molecule has 0 saturated heterocycles. The third-order valence-electron chi connectivity index (χ3n) is 3.73. The highest BCUT2D eigenvalue weighted by atomic mass is 16.5. The molecule has 0 unspecified atom stereocenters. The Hall–Kier alpha value is -3.15. The van der Waals surface area contributed by atoms with Crippen molar-refractivity contribution in [2.45, 2.75) is 0 Å². The second-order valence-corrected chi connectivity index (χ2v) is 5.27. The number of fused-ring (bicyclic) bond motifs is 1. The summed E-state index contributed by atoms with van der Waals surface area (Å²) in [5, 5.41) is 0.530. The minimum absolute atomic E-state index is 0.0418. The lowest BCUT2D eigenvalue weighted by atomic mass is 10.0. The van der Waals surface area contributed by atoms with Gasteiger partial charge in [0, 0.05) is 29.8 Å². The van der Waals surface area contributed by atoms with E-state index in [1.807, 2.05) is 7.05 Å². The number of hydrogen-bond donors (Lipinski definition) is 0. The van der Waals surface area contributed by atoms with E-state index in [1.165, 1.54) is 20.3 Å². The fraction of sp³-hybridized carbons (Fsp3) is 0.167. The van der Waals surface area contributed by atoms with Gasteiger partial charge in [0.25, 0.3) is 0 Å². The number of pyridine rings is 1. The Kier molecular flexibility index (Phi) is 4.04. The summed E-state index contributed by atoms with van der Waals surface area (Å²) < 4.78 is 17.6. The topological polar surface area (TPSA) is 69.6 Å². The smallest absolute Gasteiger partial charge is 0.347 e. The molecule has 0 spiro atoms. The molecular formula is C18H16NO5+. The second kappa shape index (κ2) is 6.16. The lowest BCUT2D eigenvalue weighted by Gasteiger charge is -2.08. The maximum atomic E-state index is 12.6. The van der Waals surface area contributed by atoms with Gasteiger partial charge in [0.2, 0.25) is 5.78 Å². The van der Waals surface area contributed by atoms with Gasteiger partial charge in [-0.1, -0.05) is 0 Å². The summed E-state index contributed by atoms with van der Waals surface area (Å²) >= 11 is 0. The van der Waals surface area contributed by atoms with Gasteiger partial charge >= 0.3 is 5.63 Å². The van der Waals surface area contributed by atoms with Crippen molar-refractivity contribution in [3.63, 3.8) is 0 Å². The molecule has 3 aromatic rings. The third kappa shape index (κ3) is 2.74. The highest BCUT2D eigenvalue weighted by Crippen LogP contribution is 2.31. The molecule has 122 valence electrons. The molecule has 0 fully saturated rings. The Morgan fingerprint density at radius 3 is 2.42 bits per heavy atom. The van der Waals surface area contributed by atoms with Gasteiger partial charge < -0.3 is 13.9 Å². The lowest BCUT2D eigenvalue weighted by molar-refractivity contribution is -0.671. The molecule has 0 bridgehead atoms. The predicted octanol–water partition coefficient (Wildman–Crippen LogP) is 1.87. The van der Waals surface area contributed by atoms with Gasteiger partial charge in [0.15, 0.2) is 12.4 Å². The van der Waals surface area contributed by atoms with E-state index in [1.54, 1.807) is 41.2 Å². The van der Waals surface area contributed by atoms with Gasteiger partial charge in [-0.15, -0.1) is 0 Å². The predicted molar refractivity (Wildman–Crippen MR) is 86.6 cm³/mol. The van der Waals surface area contributed by atoms with E-state index < -0.39 is 11.4 Å². The van der Waals surface area contributed by atoms with Crippen molar-refractivity contribution in [1.29, 1.82) is 0 Å². The lowest BCUT2D eigenvalue weighted by Crippen LogP contribution is -2.26. The fourth-order valence-corrected chi connectivity index (χ4v) is 2.41. The molecule has 2 aromatic heterocycles. The molecule has 24 heavy (non-hydrogen) atoms.